The van der Waals surface area contributed by atoms with Crippen LogP contribution in [0.5, 0.6) is 0 Å². The molecule has 2 aliphatic rings. The third-order valence-electron chi connectivity index (χ3n) is 4.77. The molecule has 20 heavy (non-hydrogen) atoms. The lowest BCUT2D eigenvalue weighted by Crippen LogP contribution is -2.45. The maximum atomic E-state index is 12.7. The van der Waals surface area contributed by atoms with Gasteiger partial charge in [-0.15, -0.1) is 0 Å². The van der Waals surface area contributed by atoms with Crippen molar-refractivity contribution >= 4 is 0 Å². The van der Waals surface area contributed by atoms with Crippen LogP contribution in [0.2, 0.25) is 0 Å². The maximum absolute atomic E-state index is 12.7. The summed E-state index contributed by atoms with van der Waals surface area (Å²) >= 11 is 0. The van der Waals surface area contributed by atoms with Crippen molar-refractivity contribution in [3.05, 3.63) is 0 Å². The van der Waals surface area contributed by atoms with Crippen molar-refractivity contribution in [2.24, 2.45) is 11.8 Å². The summed E-state index contributed by atoms with van der Waals surface area (Å²) in [4.78, 5) is 1.97. The summed E-state index contributed by atoms with van der Waals surface area (Å²) < 4.78 is 38.2. The van der Waals surface area contributed by atoms with Gasteiger partial charge in [-0.1, -0.05) is 19.8 Å². The van der Waals surface area contributed by atoms with Gasteiger partial charge in [-0.3, -0.25) is 0 Å². The normalized spacial score (nSPS) is 33.3. The largest absolute Gasteiger partial charge is 0.393 e. The van der Waals surface area contributed by atoms with Crippen LogP contribution in [-0.2, 0) is 0 Å². The topological polar surface area (TPSA) is 15.3 Å². The Balaban J connectivity index is 1.66. The molecule has 2 fully saturated rings. The average Bonchev–Trinajstić information content (AvgIpc) is 2.38. The monoisotopic (exact) mass is 292 g/mol. The minimum absolute atomic E-state index is 0.187. The Morgan fingerprint density at radius 2 is 1.95 bits per heavy atom. The first-order valence-corrected chi connectivity index (χ1v) is 7.97. The molecule has 1 saturated carbocycles. The van der Waals surface area contributed by atoms with Gasteiger partial charge in [0, 0.05) is 25.7 Å². The fourth-order valence-electron chi connectivity index (χ4n) is 3.57. The van der Waals surface area contributed by atoms with Crippen molar-refractivity contribution in [1.82, 2.24) is 10.2 Å². The molecule has 0 aromatic heterocycles. The van der Waals surface area contributed by atoms with E-state index in [0.29, 0.717) is 18.9 Å². The first-order valence-electron chi connectivity index (χ1n) is 7.97. The van der Waals surface area contributed by atoms with Gasteiger partial charge < -0.3 is 10.2 Å². The predicted octanol–water partition coefficient (Wildman–Crippen LogP) is 3.43. The molecule has 118 valence electrons. The molecule has 5 heteroatoms. The molecule has 0 amide bonds. The molecule has 2 rings (SSSR count). The Bertz CT molecular complexity index is 293. The van der Waals surface area contributed by atoms with Crippen molar-refractivity contribution in [2.45, 2.75) is 57.7 Å². The summed E-state index contributed by atoms with van der Waals surface area (Å²) in [6, 6.07) is 0.571. The SMILES string of the molecule is CC1CCCC(NCCN2CCCC(C(F)(F)F)C2)C1. The van der Waals surface area contributed by atoms with Gasteiger partial charge in [0.1, 0.15) is 0 Å². The van der Waals surface area contributed by atoms with Crippen LogP contribution in [0, 0.1) is 11.8 Å². The smallest absolute Gasteiger partial charge is 0.313 e. The number of likely N-dealkylation sites (tertiary alicyclic amines) is 1. The zero-order valence-corrected chi connectivity index (χ0v) is 12.4. The standard InChI is InChI=1S/C15H27F3N2/c1-12-4-2-6-14(10-12)19-7-9-20-8-3-5-13(11-20)15(16,17)18/h12-14,19H,2-11H2,1H3. The van der Waals surface area contributed by atoms with Crippen molar-refractivity contribution in [3.63, 3.8) is 0 Å². The summed E-state index contributed by atoms with van der Waals surface area (Å²) in [5, 5.41) is 3.53. The third-order valence-corrected chi connectivity index (χ3v) is 4.77. The highest BCUT2D eigenvalue weighted by Gasteiger charge is 2.41. The minimum atomic E-state index is -4.02. The van der Waals surface area contributed by atoms with Gasteiger partial charge in [-0.25, -0.2) is 0 Å². The zero-order valence-electron chi connectivity index (χ0n) is 12.4. The molecule has 1 heterocycles. The lowest BCUT2D eigenvalue weighted by atomic mass is 9.87. The summed E-state index contributed by atoms with van der Waals surface area (Å²) in [5.41, 5.74) is 0. The summed E-state index contributed by atoms with van der Waals surface area (Å²) in [6.45, 7) is 4.85. The van der Waals surface area contributed by atoms with Crippen LogP contribution in [0.15, 0.2) is 0 Å². The van der Waals surface area contributed by atoms with Crippen LogP contribution < -0.4 is 5.32 Å². The summed E-state index contributed by atoms with van der Waals surface area (Å²) in [7, 11) is 0. The van der Waals surface area contributed by atoms with E-state index >= 15 is 0 Å². The van der Waals surface area contributed by atoms with Crippen LogP contribution in [0.25, 0.3) is 0 Å². The van der Waals surface area contributed by atoms with Gasteiger partial charge >= 0.3 is 6.18 Å². The Morgan fingerprint density at radius 1 is 1.15 bits per heavy atom. The molecule has 2 nitrogen and oxygen atoms in total. The Morgan fingerprint density at radius 3 is 2.65 bits per heavy atom. The number of alkyl halides is 3. The highest BCUT2D eigenvalue weighted by Crippen LogP contribution is 2.32. The van der Waals surface area contributed by atoms with Crippen molar-refractivity contribution < 1.29 is 13.2 Å². The molecule has 0 aromatic carbocycles. The van der Waals surface area contributed by atoms with Crippen LogP contribution >= 0.6 is 0 Å². The number of halogens is 3. The lowest BCUT2D eigenvalue weighted by molar-refractivity contribution is -0.186. The third kappa shape index (κ3) is 4.92. The fraction of sp³-hybridized carbons (Fsp3) is 1.00. The number of nitrogens with zero attached hydrogens (tertiary/aromatic N) is 1. The van der Waals surface area contributed by atoms with Crippen molar-refractivity contribution in [1.29, 1.82) is 0 Å². The van der Waals surface area contributed by atoms with Crippen LogP contribution in [0.1, 0.15) is 45.4 Å². The molecule has 3 unspecified atom stereocenters. The first-order chi connectivity index (χ1) is 9.45. The van der Waals surface area contributed by atoms with Gasteiger partial charge in [-0.2, -0.15) is 13.2 Å². The number of nitrogens with one attached hydrogen (secondary N) is 1. The van der Waals surface area contributed by atoms with Crippen LogP contribution in [0.4, 0.5) is 13.2 Å². The van der Waals surface area contributed by atoms with E-state index in [9.17, 15) is 13.2 Å². The number of hydrogen-bond acceptors (Lipinski definition) is 2. The van der Waals surface area contributed by atoms with Gasteiger partial charge in [0.25, 0.3) is 0 Å². The molecular weight excluding hydrogens is 265 g/mol. The van der Waals surface area contributed by atoms with E-state index in [2.05, 4.69) is 12.2 Å². The molecule has 1 aliphatic carbocycles. The highest BCUT2D eigenvalue weighted by molar-refractivity contribution is 4.80. The Hall–Kier alpha value is -0.290. The van der Waals surface area contributed by atoms with E-state index in [1.54, 1.807) is 0 Å². The molecule has 0 bridgehead atoms. The minimum Gasteiger partial charge on any atom is -0.313 e. The highest BCUT2D eigenvalue weighted by atomic mass is 19.4. The quantitative estimate of drug-likeness (QED) is 0.854. The second-order valence-corrected chi connectivity index (χ2v) is 6.60. The van der Waals surface area contributed by atoms with Crippen LogP contribution in [0.3, 0.4) is 0 Å². The van der Waals surface area contributed by atoms with Gasteiger partial charge in [-0.05, 0) is 38.1 Å². The molecule has 3 atom stereocenters. The fourth-order valence-corrected chi connectivity index (χ4v) is 3.57. The van der Waals surface area contributed by atoms with E-state index in [0.717, 1.165) is 25.6 Å². The van der Waals surface area contributed by atoms with E-state index in [1.165, 1.54) is 25.7 Å². The molecule has 0 spiro atoms. The Labute approximate surface area is 120 Å². The molecule has 1 saturated heterocycles. The maximum Gasteiger partial charge on any atom is 0.393 e. The average molecular weight is 292 g/mol. The Kier molecular flexibility index (Phi) is 5.73. The molecule has 1 aliphatic heterocycles. The van der Waals surface area contributed by atoms with Crippen molar-refractivity contribution in [3.8, 4) is 0 Å². The van der Waals surface area contributed by atoms with Crippen molar-refractivity contribution in [2.75, 3.05) is 26.2 Å². The summed E-state index contributed by atoms with van der Waals surface area (Å²) in [6.07, 6.45) is 1.97. The molecule has 0 radical (unpaired) electrons. The van der Waals surface area contributed by atoms with E-state index in [4.69, 9.17) is 0 Å². The second kappa shape index (κ2) is 7.12. The number of piperidine rings is 1. The van der Waals surface area contributed by atoms with Gasteiger partial charge in [0.05, 0.1) is 5.92 Å². The van der Waals surface area contributed by atoms with Gasteiger partial charge in [0.15, 0.2) is 0 Å². The lowest BCUT2D eigenvalue weighted by Gasteiger charge is -2.34. The van der Waals surface area contributed by atoms with E-state index < -0.39 is 12.1 Å². The molecule has 0 aromatic rings. The first kappa shape index (κ1) is 16.1. The summed E-state index contributed by atoms with van der Waals surface area (Å²) in [5.74, 6) is -0.336. The number of rotatable bonds is 4. The second-order valence-electron chi connectivity index (χ2n) is 6.60. The zero-order chi connectivity index (χ0) is 14.6. The molecule has 1 N–H and O–H groups in total. The predicted molar refractivity (Wildman–Crippen MR) is 74.6 cm³/mol. The van der Waals surface area contributed by atoms with Gasteiger partial charge in [0.2, 0.25) is 0 Å². The number of hydrogen-bond donors (Lipinski definition) is 1. The van der Waals surface area contributed by atoms with E-state index in [-0.39, 0.29) is 6.54 Å². The molecular formula is C15H27F3N2. The van der Waals surface area contributed by atoms with Crippen LogP contribution in [-0.4, -0.2) is 43.3 Å². The van der Waals surface area contributed by atoms with E-state index in [1.807, 2.05) is 4.90 Å².